The number of hydrogen-bond acceptors (Lipinski definition) is 6. The van der Waals surface area contributed by atoms with E-state index in [-0.39, 0.29) is 12.0 Å². The van der Waals surface area contributed by atoms with E-state index in [2.05, 4.69) is 20.3 Å². The van der Waals surface area contributed by atoms with Crippen LogP contribution in [0, 0.1) is 0 Å². The summed E-state index contributed by atoms with van der Waals surface area (Å²) in [5, 5.41) is 6.28. The maximum absolute atomic E-state index is 5.79. The Bertz CT molecular complexity index is 509. The molecule has 0 radical (unpaired) electrons. The molecule has 2 aromatic heterocycles. The van der Waals surface area contributed by atoms with Crippen LogP contribution in [0.3, 0.4) is 0 Å². The van der Waals surface area contributed by atoms with Gasteiger partial charge >= 0.3 is 0 Å². The molecular weight excluding hydrogens is 246 g/mol. The normalized spacial score (nSPS) is 12.7. The SMILES string of the molecule is CC(C)c1nc(N)cc(NC(C)c2nccs2)n1. The van der Waals surface area contributed by atoms with Crippen LogP contribution in [0.4, 0.5) is 11.6 Å². The fourth-order valence-electron chi connectivity index (χ4n) is 1.55. The van der Waals surface area contributed by atoms with Crippen LogP contribution in [-0.4, -0.2) is 15.0 Å². The second-order valence-corrected chi connectivity index (χ2v) is 5.35. The lowest BCUT2D eigenvalue weighted by Crippen LogP contribution is -2.10. The molecule has 0 aliphatic heterocycles. The standard InChI is InChI=1S/C12H17N5S/c1-7(2)11-16-9(13)6-10(17-11)15-8(3)12-14-4-5-18-12/h4-8H,1-3H3,(H3,13,15,16,17). The Kier molecular flexibility index (Phi) is 3.76. The second kappa shape index (κ2) is 5.30. The number of nitrogen functional groups attached to an aromatic ring is 1. The number of nitrogens with zero attached hydrogens (tertiary/aromatic N) is 3. The monoisotopic (exact) mass is 263 g/mol. The molecule has 0 bridgehead atoms. The van der Waals surface area contributed by atoms with Crippen molar-refractivity contribution in [2.75, 3.05) is 11.1 Å². The molecular formula is C12H17N5S. The number of anilines is 2. The van der Waals surface area contributed by atoms with Crippen LogP contribution in [0.1, 0.15) is 43.6 Å². The first-order valence-electron chi connectivity index (χ1n) is 5.86. The van der Waals surface area contributed by atoms with E-state index in [1.165, 1.54) is 0 Å². The molecule has 2 heterocycles. The number of thiazole rings is 1. The maximum Gasteiger partial charge on any atom is 0.135 e. The third-order valence-corrected chi connectivity index (χ3v) is 3.42. The predicted molar refractivity (Wildman–Crippen MR) is 74.7 cm³/mol. The summed E-state index contributed by atoms with van der Waals surface area (Å²) in [6.45, 7) is 6.14. The summed E-state index contributed by atoms with van der Waals surface area (Å²) in [7, 11) is 0. The lowest BCUT2D eigenvalue weighted by Gasteiger charge is -2.14. The predicted octanol–water partition coefficient (Wildman–Crippen LogP) is 2.81. The average Bonchev–Trinajstić information content (AvgIpc) is 2.81. The van der Waals surface area contributed by atoms with Gasteiger partial charge in [0.1, 0.15) is 22.5 Å². The number of nitrogens with one attached hydrogen (secondary N) is 1. The van der Waals surface area contributed by atoms with Gasteiger partial charge < -0.3 is 11.1 Å². The van der Waals surface area contributed by atoms with Crippen LogP contribution in [0.25, 0.3) is 0 Å². The van der Waals surface area contributed by atoms with Gasteiger partial charge in [-0.3, -0.25) is 0 Å². The van der Waals surface area contributed by atoms with Crippen molar-refractivity contribution < 1.29 is 0 Å². The third-order valence-electron chi connectivity index (χ3n) is 2.47. The molecule has 5 nitrogen and oxygen atoms in total. The zero-order chi connectivity index (χ0) is 13.1. The molecule has 0 saturated heterocycles. The van der Waals surface area contributed by atoms with E-state index >= 15 is 0 Å². The summed E-state index contributed by atoms with van der Waals surface area (Å²) in [4.78, 5) is 12.9. The summed E-state index contributed by atoms with van der Waals surface area (Å²) < 4.78 is 0. The maximum atomic E-state index is 5.79. The molecule has 0 amide bonds. The lowest BCUT2D eigenvalue weighted by molar-refractivity contribution is 0.770. The molecule has 0 spiro atoms. The second-order valence-electron chi connectivity index (χ2n) is 4.43. The number of nitrogens with two attached hydrogens (primary N) is 1. The van der Waals surface area contributed by atoms with Gasteiger partial charge in [-0.05, 0) is 6.92 Å². The molecule has 0 fully saturated rings. The summed E-state index contributed by atoms with van der Waals surface area (Å²) >= 11 is 1.62. The Hall–Kier alpha value is -1.69. The molecule has 3 N–H and O–H groups in total. The highest BCUT2D eigenvalue weighted by Gasteiger charge is 2.11. The Morgan fingerprint density at radius 3 is 2.67 bits per heavy atom. The summed E-state index contributed by atoms with van der Waals surface area (Å²) in [5.74, 6) is 2.24. The van der Waals surface area contributed by atoms with Gasteiger partial charge in [0.15, 0.2) is 0 Å². The minimum absolute atomic E-state index is 0.110. The highest BCUT2D eigenvalue weighted by atomic mass is 32.1. The molecule has 1 unspecified atom stereocenters. The molecule has 2 aromatic rings. The Balaban J connectivity index is 2.18. The fourth-order valence-corrected chi connectivity index (χ4v) is 2.20. The van der Waals surface area contributed by atoms with Crippen molar-refractivity contribution in [1.29, 1.82) is 0 Å². The topological polar surface area (TPSA) is 76.7 Å². The highest BCUT2D eigenvalue weighted by molar-refractivity contribution is 7.09. The fraction of sp³-hybridized carbons (Fsp3) is 0.417. The quantitative estimate of drug-likeness (QED) is 0.887. The van der Waals surface area contributed by atoms with E-state index in [9.17, 15) is 0 Å². The summed E-state index contributed by atoms with van der Waals surface area (Å²) in [6, 6.07) is 1.86. The van der Waals surface area contributed by atoms with E-state index in [4.69, 9.17) is 5.73 Å². The van der Waals surface area contributed by atoms with Crippen molar-refractivity contribution >= 4 is 23.0 Å². The van der Waals surface area contributed by atoms with Crippen molar-refractivity contribution in [3.05, 3.63) is 28.5 Å². The van der Waals surface area contributed by atoms with Crippen molar-refractivity contribution in [2.45, 2.75) is 32.7 Å². The van der Waals surface area contributed by atoms with Gasteiger partial charge in [-0.1, -0.05) is 13.8 Å². The number of aromatic nitrogens is 3. The molecule has 1 atom stereocenters. The molecule has 18 heavy (non-hydrogen) atoms. The van der Waals surface area contributed by atoms with Gasteiger partial charge in [0.25, 0.3) is 0 Å². The molecule has 0 aliphatic carbocycles. The largest absolute Gasteiger partial charge is 0.384 e. The van der Waals surface area contributed by atoms with Gasteiger partial charge in [0, 0.05) is 23.6 Å². The van der Waals surface area contributed by atoms with Crippen LogP contribution in [0.15, 0.2) is 17.6 Å². The van der Waals surface area contributed by atoms with Crippen molar-refractivity contribution in [1.82, 2.24) is 15.0 Å². The van der Waals surface area contributed by atoms with E-state index in [1.54, 1.807) is 23.6 Å². The molecule has 0 saturated carbocycles. The molecule has 6 heteroatoms. The summed E-state index contributed by atoms with van der Waals surface area (Å²) in [5.41, 5.74) is 5.79. The third kappa shape index (κ3) is 2.95. The van der Waals surface area contributed by atoms with E-state index in [1.807, 2.05) is 26.2 Å². The summed E-state index contributed by atoms with van der Waals surface area (Å²) in [6.07, 6.45) is 1.80. The van der Waals surface area contributed by atoms with Crippen LogP contribution >= 0.6 is 11.3 Å². The molecule has 96 valence electrons. The number of rotatable bonds is 4. The van der Waals surface area contributed by atoms with Crippen molar-refractivity contribution in [3.8, 4) is 0 Å². The zero-order valence-corrected chi connectivity index (χ0v) is 11.5. The lowest BCUT2D eigenvalue weighted by atomic mass is 10.2. The van der Waals surface area contributed by atoms with Gasteiger partial charge in [0.05, 0.1) is 6.04 Å². The van der Waals surface area contributed by atoms with Crippen LogP contribution in [-0.2, 0) is 0 Å². The molecule has 0 aliphatic rings. The smallest absolute Gasteiger partial charge is 0.135 e. The van der Waals surface area contributed by atoms with E-state index in [0.717, 1.165) is 16.6 Å². The molecule has 0 aromatic carbocycles. The Morgan fingerprint density at radius 2 is 2.06 bits per heavy atom. The first-order chi connectivity index (χ1) is 8.56. The van der Waals surface area contributed by atoms with Gasteiger partial charge in [-0.15, -0.1) is 11.3 Å². The molecule has 2 rings (SSSR count). The number of hydrogen-bond donors (Lipinski definition) is 2. The van der Waals surface area contributed by atoms with Crippen molar-refractivity contribution in [2.24, 2.45) is 0 Å². The van der Waals surface area contributed by atoms with Gasteiger partial charge in [-0.25, -0.2) is 15.0 Å². The highest BCUT2D eigenvalue weighted by Crippen LogP contribution is 2.21. The minimum Gasteiger partial charge on any atom is -0.384 e. The first-order valence-corrected chi connectivity index (χ1v) is 6.74. The average molecular weight is 263 g/mol. The van der Waals surface area contributed by atoms with Gasteiger partial charge in [-0.2, -0.15) is 0 Å². The van der Waals surface area contributed by atoms with Crippen LogP contribution in [0.5, 0.6) is 0 Å². The van der Waals surface area contributed by atoms with Crippen molar-refractivity contribution in [3.63, 3.8) is 0 Å². The Labute approximate surface area is 111 Å². The van der Waals surface area contributed by atoms with E-state index < -0.39 is 0 Å². The minimum atomic E-state index is 0.110. The van der Waals surface area contributed by atoms with Gasteiger partial charge in [0.2, 0.25) is 0 Å². The zero-order valence-electron chi connectivity index (χ0n) is 10.7. The van der Waals surface area contributed by atoms with Crippen LogP contribution in [0.2, 0.25) is 0 Å². The van der Waals surface area contributed by atoms with E-state index in [0.29, 0.717) is 5.82 Å². The first kappa shape index (κ1) is 12.8. The van der Waals surface area contributed by atoms with Crippen LogP contribution < -0.4 is 11.1 Å². The Morgan fingerprint density at radius 1 is 1.28 bits per heavy atom.